The van der Waals surface area contributed by atoms with Crippen molar-refractivity contribution in [2.75, 3.05) is 6.54 Å². The molecule has 144 valence electrons. The maximum absolute atomic E-state index is 13.1. The van der Waals surface area contributed by atoms with Gasteiger partial charge in [0.15, 0.2) is 0 Å². The number of nitrogens with zero attached hydrogens (tertiary/aromatic N) is 1. The number of hydrogen-bond donors (Lipinski definition) is 2. The van der Waals surface area contributed by atoms with E-state index in [1.165, 1.54) is 12.0 Å². The average molecular weight is 369 g/mol. The number of fused-ring (bicyclic) bond motifs is 1. The maximum atomic E-state index is 13.1. The first-order valence-electron chi connectivity index (χ1n) is 9.99. The molecule has 0 bridgehead atoms. The van der Waals surface area contributed by atoms with E-state index < -0.39 is 11.6 Å². The van der Waals surface area contributed by atoms with Crippen molar-refractivity contribution in [2.45, 2.75) is 63.5 Å². The normalized spacial score (nSPS) is 30.2. The lowest BCUT2D eigenvalue weighted by Gasteiger charge is -2.32. The molecule has 6 heteroatoms. The van der Waals surface area contributed by atoms with Crippen LogP contribution in [0.4, 0.5) is 4.79 Å². The van der Waals surface area contributed by atoms with Crippen LogP contribution in [0.2, 0.25) is 0 Å². The lowest BCUT2D eigenvalue weighted by atomic mass is 9.78. The Morgan fingerprint density at radius 1 is 1.22 bits per heavy atom. The average Bonchev–Trinajstić information content (AvgIpc) is 2.87. The van der Waals surface area contributed by atoms with E-state index in [1.54, 1.807) is 0 Å². The molecule has 1 aromatic carbocycles. The van der Waals surface area contributed by atoms with Crippen LogP contribution < -0.4 is 10.6 Å². The van der Waals surface area contributed by atoms with Crippen LogP contribution >= 0.6 is 0 Å². The highest BCUT2D eigenvalue weighted by Crippen LogP contribution is 2.33. The zero-order chi connectivity index (χ0) is 19.0. The summed E-state index contributed by atoms with van der Waals surface area (Å²) in [6.45, 7) is 1.95. The van der Waals surface area contributed by atoms with Gasteiger partial charge in [-0.25, -0.2) is 4.79 Å². The van der Waals surface area contributed by atoms with Gasteiger partial charge in [-0.3, -0.25) is 14.5 Å². The number of urea groups is 1. The Morgan fingerprint density at radius 3 is 2.74 bits per heavy atom. The lowest BCUT2D eigenvalue weighted by molar-refractivity contribution is -0.135. The Bertz CT molecular complexity index is 778. The second-order valence-electron chi connectivity index (χ2n) is 8.28. The second-order valence-corrected chi connectivity index (χ2v) is 8.28. The third-order valence-corrected chi connectivity index (χ3v) is 6.44. The van der Waals surface area contributed by atoms with E-state index in [0.717, 1.165) is 36.1 Å². The molecule has 2 aliphatic carbocycles. The van der Waals surface area contributed by atoms with E-state index in [4.69, 9.17) is 0 Å². The summed E-state index contributed by atoms with van der Waals surface area (Å²) in [5.74, 6) is -0.0775. The van der Waals surface area contributed by atoms with Crippen LogP contribution in [0.25, 0.3) is 0 Å². The number of imide groups is 1. The number of rotatable bonds is 3. The number of amides is 4. The second kappa shape index (κ2) is 6.98. The highest BCUT2D eigenvalue weighted by Gasteiger charge is 2.52. The minimum Gasteiger partial charge on any atom is -0.352 e. The van der Waals surface area contributed by atoms with Gasteiger partial charge in [-0.2, -0.15) is 0 Å². The van der Waals surface area contributed by atoms with Crippen LogP contribution in [0.15, 0.2) is 24.3 Å². The van der Waals surface area contributed by atoms with Gasteiger partial charge in [0.2, 0.25) is 5.91 Å². The van der Waals surface area contributed by atoms with E-state index in [1.807, 2.05) is 18.2 Å². The summed E-state index contributed by atoms with van der Waals surface area (Å²) in [7, 11) is 0. The summed E-state index contributed by atoms with van der Waals surface area (Å²) in [4.78, 5) is 39.1. The van der Waals surface area contributed by atoms with Gasteiger partial charge in [0.25, 0.3) is 5.91 Å². The number of hydrogen-bond acceptors (Lipinski definition) is 3. The molecule has 1 aliphatic heterocycles. The Kier molecular flexibility index (Phi) is 4.66. The predicted octanol–water partition coefficient (Wildman–Crippen LogP) is 2.16. The number of nitrogens with one attached hydrogen (secondary N) is 2. The molecule has 27 heavy (non-hydrogen) atoms. The predicted molar refractivity (Wildman–Crippen MR) is 101 cm³/mol. The molecular formula is C21H27N3O3. The fourth-order valence-corrected chi connectivity index (χ4v) is 4.77. The standard InChI is InChI=1S/C21H27N3O3/c1-14-6-2-5-9-17(14)22-18(25)13-24-19(26)21(23-20(24)27)11-10-15-7-3-4-8-16(15)12-21/h3-4,7-8,14,17H,2,5-6,9-13H2,1H3,(H,22,25)(H,23,27)/t14-,17+,21+/m1/s1. The molecule has 3 atom stereocenters. The highest BCUT2D eigenvalue weighted by atomic mass is 16.2. The maximum Gasteiger partial charge on any atom is 0.325 e. The number of aryl methyl sites for hydroxylation is 1. The highest BCUT2D eigenvalue weighted by molar-refractivity contribution is 6.09. The molecule has 0 unspecified atom stereocenters. The number of carbonyl (C=O) groups is 3. The monoisotopic (exact) mass is 369 g/mol. The number of benzene rings is 1. The van der Waals surface area contributed by atoms with Gasteiger partial charge in [0.1, 0.15) is 12.1 Å². The van der Waals surface area contributed by atoms with Crippen LogP contribution in [0, 0.1) is 5.92 Å². The van der Waals surface area contributed by atoms with Crippen LogP contribution in [-0.4, -0.2) is 40.9 Å². The summed E-state index contributed by atoms with van der Waals surface area (Å²) in [5, 5.41) is 5.92. The molecule has 1 saturated heterocycles. The summed E-state index contributed by atoms with van der Waals surface area (Å²) in [6, 6.07) is 7.72. The van der Waals surface area contributed by atoms with Crippen molar-refractivity contribution in [2.24, 2.45) is 5.92 Å². The Morgan fingerprint density at radius 2 is 1.96 bits per heavy atom. The zero-order valence-electron chi connectivity index (χ0n) is 15.8. The molecule has 3 aliphatic rings. The summed E-state index contributed by atoms with van der Waals surface area (Å²) in [6.07, 6.45) is 6.20. The van der Waals surface area contributed by atoms with E-state index in [0.29, 0.717) is 18.8 Å². The number of carbonyl (C=O) groups excluding carboxylic acids is 3. The Hall–Kier alpha value is -2.37. The van der Waals surface area contributed by atoms with Crippen molar-refractivity contribution in [3.05, 3.63) is 35.4 Å². The lowest BCUT2D eigenvalue weighted by Crippen LogP contribution is -2.52. The summed E-state index contributed by atoms with van der Waals surface area (Å²) >= 11 is 0. The molecule has 1 heterocycles. The first-order chi connectivity index (χ1) is 13.0. The van der Waals surface area contributed by atoms with Crippen LogP contribution in [0.1, 0.15) is 50.2 Å². The van der Waals surface area contributed by atoms with Gasteiger partial charge in [-0.1, -0.05) is 44.0 Å². The molecule has 1 saturated carbocycles. The third-order valence-electron chi connectivity index (χ3n) is 6.44. The van der Waals surface area contributed by atoms with Crippen molar-refractivity contribution < 1.29 is 14.4 Å². The summed E-state index contributed by atoms with van der Waals surface area (Å²) < 4.78 is 0. The fraction of sp³-hybridized carbons (Fsp3) is 0.571. The topological polar surface area (TPSA) is 78.5 Å². The van der Waals surface area contributed by atoms with Crippen molar-refractivity contribution >= 4 is 17.8 Å². The van der Waals surface area contributed by atoms with Gasteiger partial charge in [0.05, 0.1) is 0 Å². The molecular weight excluding hydrogens is 342 g/mol. The molecule has 4 amide bonds. The van der Waals surface area contributed by atoms with E-state index in [9.17, 15) is 14.4 Å². The summed E-state index contributed by atoms with van der Waals surface area (Å²) in [5.41, 5.74) is 1.43. The quantitative estimate of drug-likeness (QED) is 0.802. The van der Waals surface area contributed by atoms with Crippen LogP contribution in [0.5, 0.6) is 0 Å². The molecule has 2 fully saturated rings. The first-order valence-corrected chi connectivity index (χ1v) is 9.99. The van der Waals surface area contributed by atoms with Gasteiger partial charge in [0, 0.05) is 12.5 Å². The molecule has 0 radical (unpaired) electrons. The Balaban J connectivity index is 1.43. The van der Waals surface area contributed by atoms with E-state index in [-0.39, 0.29) is 24.4 Å². The van der Waals surface area contributed by atoms with Crippen LogP contribution in [0.3, 0.4) is 0 Å². The molecule has 6 nitrogen and oxygen atoms in total. The van der Waals surface area contributed by atoms with Crippen molar-refractivity contribution in [3.8, 4) is 0 Å². The van der Waals surface area contributed by atoms with Gasteiger partial charge >= 0.3 is 6.03 Å². The molecule has 0 aromatic heterocycles. The van der Waals surface area contributed by atoms with E-state index in [2.05, 4.69) is 23.6 Å². The van der Waals surface area contributed by atoms with E-state index >= 15 is 0 Å². The molecule has 1 spiro atoms. The third kappa shape index (κ3) is 3.33. The van der Waals surface area contributed by atoms with Crippen molar-refractivity contribution in [3.63, 3.8) is 0 Å². The molecule has 2 N–H and O–H groups in total. The van der Waals surface area contributed by atoms with Gasteiger partial charge in [-0.05, 0) is 42.7 Å². The minimum atomic E-state index is -0.899. The van der Waals surface area contributed by atoms with Gasteiger partial charge < -0.3 is 10.6 Å². The SMILES string of the molecule is C[C@@H]1CCCC[C@@H]1NC(=O)CN1C(=O)N[C@]2(CCc3ccccc3C2)C1=O. The largest absolute Gasteiger partial charge is 0.352 e. The molecule has 1 aromatic rings. The fourth-order valence-electron chi connectivity index (χ4n) is 4.77. The zero-order valence-corrected chi connectivity index (χ0v) is 15.8. The Labute approximate surface area is 159 Å². The van der Waals surface area contributed by atoms with Crippen molar-refractivity contribution in [1.82, 2.24) is 15.5 Å². The van der Waals surface area contributed by atoms with Crippen LogP contribution in [-0.2, 0) is 22.4 Å². The van der Waals surface area contributed by atoms with Gasteiger partial charge in [-0.15, -0.1) is 0 Å². The minimum absolute atomic E-state index is 0.141. The smallest absolute Gasteiger partial charge is 0.325 e. The molecule has 4 rings (SSSR count). The first kappa shape index (κ1) is 18.0. The van der Waals surface area contributed by atoms with Crippen molar-refractivity contribution in [1.29, 1.82) is 0 Å².